The number of carbonyl (C=O) groups excluding carboxylic acids is 2. The molecule has 0 fully saturated rings. The number of carbonyl (C=O) groups is 2. The van der Waals surface area contributed by atoms with Crippen LogP contribution in [-0.2, 0) is 23.2 Å². The van der Waals surface area contributed by atoms with Crippen molar-refractivity contribution in [2.24, 2.45) is 0 Å². The molecule has 0 heterocycles. The standard InChI is InChI=1S/C5H12O3Si.C4H10O2Si.16CH4/c1-5(6)3-7-4-8-9-2;1-4(5)3-6-7-2;;;;;;;;;;;;;;;;/h3-4,9H2,1-2H3;3,7H2,1-2H3;16*1H4. The Morgan fingerprint density at radius 3 is 0.906 bits per heavy atom. The van der Waals surface area contributed by atoms with Gasteiger partial charge in [-0.1, -0.05) is 132 Å². The van der Waals surface area contributed by atoms with Crippen LogP contribution in [0.15, 0.2) is 0 Å². The number of ketones is 2. The second-order valence-electron chi connectivity index (χ2n) is 3.00. The van der Waals surface area contributed by atoms with E-state index in [1.54, 1.807) is 0 Å². The van der Waals surface area contributed by atoms with Crippen LogP contribution in [0.2, 0.25) is 13.1 Å². The van der Waals surface area contributed by atoms with Crippen LogP contribution in [0.5, 0.6) is 0 Å². The van der Waals surface area contributed by atoms with Crippen LogP contribution < -0.4 is 0 Å². The third kappa shape index (κ3) is 261. The van der Waals surface area contributed by atoms with Crippen LogP contribution in [0.1, 0.15) is 133 Å². The Bertz CT molecular complexity index is 195. The number of ether oxygens (including phenoxy) is 1. The van der Waals surface area contributed by atoms with Crippen molar-refractivity contribution in [2.45, 2.75) is 146 Å². The highest BCUT2D eigenvalue weighted by Gasteiger charge is 1.90. The highest BCUT2D eigenvalue weighted by atomic mass is 28.2. The molecule has 0 aliphatic heterocycles. The lowest BCUT2D eigenvalue weighted by Crippen LogP contribution is -2.07. The van der Waals surface area contributed by atoms with Gasteiger partial charge in [0.2, 0.25) is 0 Å². The summed E-state index contributed by atoms with van der Waals surface area (Å²) < 4.78 is 14.6. The van der Waals surface area contributed by atoms with Crippen LogP contribution in [0.3, 0.4) is 0 Å². The van der Waals surface area contributed by atoms with E-state index in [1.807, 2.05) is 13.1 Å². The predicted octanol–water partition coefficient (Wildman–Crippen LogP) is 9.60. The molecule has 0 atom stereocenters. The molecule has 0 saturated carbocycles. The van der Waals surface area contributed by atoms with E-state index in [4.69, 9.17) is 13.6 Å². The van der Waals surface area contributed by atoms with Gasteiger partial charge in [0.15, 0.2) is 31.1 Å². The van der Waals surface area contributed by atoms with Gasteiger partial charge in [0.05, 0.1) is 6.61 Å². The van der Waals surface area contributed by atoms with Crippen LogP contribution in [-0.4, -0.2) is 51.1 Å². The Morgan fingerprint density at radius 2 is 0.750 bits per heavy atom. The van der Waals surface area contributed by atoms with Crippen molar-refractivity contribution in [2.75, 3.05) is 20.0 Å². The lowest BCUT2D eigenvalue weighted by Gasteiger charge is -1.99. The van der Waals surface area contributed by atoms with Gasteiger partial charge in [-0.15, -0.1) is 0 Å². The van der Waals surface area contributed by atoms with E-state index in [9.17, 15) is 9.59 Å². The summed E-state index contributed by atoms with van der Waals surface area (Å²) in [4.78, 5) is 20.3. The molecule has 0 spiro atoms. The minimum atomic E-state index is -0.367. The summed E-state index contributed by atoms with van der Waals surface area (Å²) in [5, 5.41) is 0. The molecule has 0 aliphatic rings. The first-order chi connectivity index (χ1) is 7.54. The number of hydrogen-bond donors (Lipinski definition) is 0. The zero-order chi connectivity index (χ0) is 12.8. The molecule has 0 aromatic heterocycles. The third-order valence-corrected chi connectivity index (χ3v) is 2.37. The number of hydrogen-bond acceptors (Lipinski definition) is 5. The molecule has 0 unspecified atom stereocenters. The average Bonchev–Trinajstić information content (AvgIpc) is 2.22. The van der Waals surface area contributed by atoms with Crippen molar-refractivity contribution in [3.05, 3.63) is 0 Å². The second kappa shape index (κ2) is 145. The maximum Gasteiger partial charge on any atom is 0.161 e. The van der Waals surface area contributed by atoms with Gasteiger partial charge in [-0.05, 0) is 13.8 Å². The minimum absolute atomic E-state index is 0. The monoisotopic (exact) mass is 523 g/mol. The molecule has 0 radical (unpaired) electrons. The van der Waals surface area contributed by atoms with E-state index < -0.39 is 0 Å². The highest BCUT2D eigenvalue weighted by Crippen LogP contribution is 1.76. The van der Waals surface area contributed by atoms with Crippen LogP contribution in [0.25, 0.3) is 0 Å². The molecule has 7 heteroatoms. The SMILES string of the molecule is C.C.C.C.C.C.C.C.C.C.C.C.C.C.C.C.C[SiH2]OCC(C)=O.C[SiH2]OCOCC(C)=O. The smallest absolute Gasteiger partial charge is 0.161 e. The van der Waals surface area contributed by atoms with Gasteiger partial charge in [0, 0.05) is 0 Å². The summed E-state index contributed by atoms with van der Waals surface area (Å²) in [6.07, 6.45) is 0. The Labute approximate surface area is 220 Å². The third-order valence-electron chi connectivity index (χ3n) is 1.19. The second-order valence-corrected chi connectivity index (χ2v) is 4.97. The first-order valence-corrected chi connectivity index (χ1v) is 9.24. The van der Waals surface area contributed by atoms with Crippen LogP contribution >= 0.6 is 0 Å². The van der Waals surface area contributed by atoms with Crippen molar-refractivity contribution in [1.82, 2.24) is 0 Å². The zero-order valence-corrected chi connectivity index (χ0v) is 13.4. The quantitative estimate of drug-likeness (QED) is 0.180. The lowest BCUT2D eigenvalue weighted by atomic mass is 10.5. The van der Waals surface area contributed by atoms with Crippen LogP contribution in [0, 0.1) is 0 Å². The Morgan fingerprint density at radius 1 is 0.500 bits per heavy atom. The van der Waals surface area contributed by atoms with Gasteiger partial charge < -0.3 is 13.6 Å². The molecular formula is C25H86O5Si2. The van der Waals surface area contributed by atoms with Gasteiger partial charge >= 0.3 is 0 Å². The molecule has 0 bridgehead atoms. The number of Topliss-reactive ketones (excluding diaryl/α,β-unsaturated/α-hetero) is 2. The minimum Gasteiger partial charge on any atom is -0.417 e. The molecule has 0 aromatic rings. The lowest BCUT2D eigenvalue weighted by molar-refractivity contribution is -0.124. The fraction of sp³-hybridized carbons (Fsp3) is 0.920. The summed E-state index contributed by atoms with van der Waals surface area (Å²) in [7, 11) is -0.717. The molecule has 224 valence electrons. The largest absolute Gasteiger partial charge is 0.417 e. The summed E-state index contributed by atoms with van der Waals surface area (Å²) >= 11 is 0. The van der Waals surface area contributed by atoms with E-state index in [2.05, 4.69) is 0 Å². The molecule has 0 saturated heterocycles. The molecule has 0 aliphatic carbocycles. The molecule has 0 amide bonds. The zero-order valence-electron chi connectivity index (χ0n) is 10.6. The first-order valence-electron chi connectivity index (χ1n) is 5.26. The van der Waals surface area contributed by atoms with Crippen molar-refractivity contribution < 1.29 is 23.2 Å². The van der Waals surface area contributed by atoms with E-state index in [0.29, 0.717) is 6.61 Å². The Hall–Kier alpha value is -0.346. The molecule has 0 N–H and O–H groups in total. The summed E-state index contributed by atoms with van der Waals surface area (Å²) in [5.41, 5.74) is 0. The Balaban J connectivity index is -0.00000000514. The maximum absolute atomic E-state index is 10.2. The van der Waals surface area contributed by atoms with Gasteiger partial charge in [0.1, 0.15) is 13.4 Å². The molecule has 32 heavy (non-hydrogen) atoms. The molecule has 0 rings (SSSR count). The first kappa shape index (κ1) is 160. The highest BCUT2D eigenvalue weighted by molar-refractivity contribution is 6.25. The topological polar surface area (TPSA) is 61.8 Å². The predicted molar refractivity (Wildman–Crippen MR) is 176 cm³/mol. The summed E-state index contributed by atoms with van der Waals surface area (Å²) in [6, 6.07) is 0. The fourth-order valence-corrected chi connectivity index (χ4v) is 1.35. The van der Waals surface area contributed by atoms with E-state index in [0.717, 1.165) is 0 Å². The summed E-state index contributed by atoms with van der Waals surface area (Å²) in [6.45, 7) is 7.81. The average molecular weight is 523 g/mol. The van der Waals surface area contributed by atoms with Crippen LogP contribution in [0.4, 0.5) is 0 Å². The molecule has 0 aromatic carbocycles. The van der Waals surface area contributed by atoms with E-state index in [-0.39, 0.29) is 163 Å². The van der Waals surface area contributed by atoms with E-state index >= 15 is 0 Å². The Kier molecular flexibility index (Phi) is 721. The molecular weight excluding hydrogens is 436 g/mol. The van der Waals surface area contributed by atoms with Gasteiger partial charge in [-0.3, -0.25) is 9.59 Å². The molecule has 5 nitrogen and oxygen atoms in total. The van der Waals surface area contributed by atoms with Gasteiger partial charge in [-0.2, -0.15) is 0 Å². The van der Waals surface area contributed by atoms with E-state index in [1.165, 1.54) is 13.8 Å². The van der Waals surface area contributed by atoms with Crippen molar-refractivity contribution in [3.8, 4) is 0 Å². The maximum atomic E-state index is 10.2. The fourth-order valence-electron chi connectivity index (χ4n) is 0.573. The van der Waals surface area contributed by atoms with Crippen molar-refractivity contribution >= 4 is 31.1 Å². The summed E-state index contributed by atoms with van der Waals surface area (Å²) in [5.74, 6) is 0.158. The van der Waals surface area contributed by atoms with Gasteiger partial charge in [-0.25, -0.2) is 0 Å². The van der Waals surface area contributed by atoms with Crippen molar-refractivity contribution in [3.63, 3.8) is 0 Å². The van der Waals surface area contributed by atoms with Crippen molar-refractivity contribution in [1.29, 1.82) is 0 Å². The number of rotatable bonds is 8. The normalized spacial score (nSPS) is 5.38. The van der Waals surface area contributed by atoms with Gasteiger partial charge in [0.25, 0.3) is 0 Å².